The smallest absolute Gasteiger partial charge is 0.393 e. The summed E-state index contributed by atoms with van der Waals surface area (Å²) in [5.74, 6) is -1.05. The van der Waals surface area contributed by atoms with Crippen LogP contribution >= 0.6 is 23.6 Å². The molecule has 3 aromatic rings. The highest BCUT2D eigenvalue weighted by atomic mass is 32.1. The molecule has 0 saturated heterocycles. The summed E-state index contributed by atoms with van der Waals surface area (Å²) < 4.78 is 38.3. The zero-order valence-corrected chi connectivity index (χ0v) is 16.6. The summed E-state index contributed by atoms with van der Waals surface area (Å²) in [5, 5.41) is 18.1. The van der Waals surface area contributed by atoms with Gasteiger partial charge in [-0.1, -0.05) is 30.3 Å². The number of hydrogen-bond donors (Lipinski definition) is 3. The third-order valence-electron chi connectivity index (χ3n) is 4.20. The molecule has 0 fully saturated rings. The van der Waals surface area contributed by atoms with Crippen molar-refractivity contribution in [3.8, 4) is 0 Å². The molecule has 4 nitrogen and oxygen atoms in total. The maximum absolute atomic E-state index is 12.4. The number of thiocarbonyl (C=S) groups is 1. The van der Waals surface area contributed by atoms with Gasteiger partial charge in [0.25, 0.3) is 0 Å². The third kappa shape index (κ3) is 5.91. The molecule has 3 rings (SSSR count). The quantitative estimate of drug-likeness (QED) is 0.474. The minimum Gasteiger partial charge on any atom is -0.480 e. The van der Waals surface area contributed by atoms with Crippen LogP contribution in [0.2, 0.25) is 0 Å². The Hall–Kier alpha value is -2.65. The average Bonchev–Trinajstić information content (AvgIpc) is 3.04. The third-order valence-corrected chi connectivity index (χ3v) is 5.44. The van der Waals surface area contributed by atoms with Gasteiger partial charge in [-0.3, -0.25) is 0 Å². The van der Waals surface area contributed by atoms with Crippen molar-refractivity contribution in [2.45, 2.75) is 25.1 Å². The summed E-state index contributed by atoms with van der Waals surface area (Å²) in [7, 11) is 0. The second-order valence-corrected chi connectivity index (χ2v) is 7.76. The van der Waals surface area contributed by atoms with Crippen LogP contribution in [0, 0.1) is 0 Å². The SMILES string of the molecule is O=C(O)C(Cc1csc2ccccc12)NC(=S)Nc1ccc(CC(F)(F)F)cc1. The monoisotopic (exact) mass is 438 g/mol. The first-order valence-corrected chi connectivity index (χ1v) is 9.91. The maximum Gasteiger partial charge on any atom is 0.393 e. The first-order chi connectivity index (χ1) is 13.7. The van der Waals surface area contributed by atoms with Gasteiger partial charge in [-0.15, -0.1) is 11.3 Å². The molecule has 1 atom stereocenters. The molecule has 2 aromatic carbocycles. The topological polar surface area (TPSA) is 61.4 Å². The van der Waals surface area contributed by atoms with E-state index >= 15 is 0 Å². The number of benzene rings is 2. The van der Waals surface area contributed by atoms with Crippen LogP contribution in [-0.4, -0.2) is 28.4 Å². The van der Waals surface area contributed by atoms with Gasteiger partial charge in [0, 0.05) is 16.8 Å². The van der Waals surface area contributed by atoms with E-state index < -0.39 is 24.6 Å². The van der Waals surface area contributed by atoms with E-state index in [1.54, 1.807) is 11.3 Å². The Morgan fingerprint density at radius 3 is 2.48 bits per heavy atom. The highest BCUT2D eigenvalue weighted by Gasteiger charge is 2.27. The lowest BCUT2D eigenvalue weighted by Gasteiger charge is -2.17. The number of thiophene rings is 1. The lowest BCUT2D eigenvalue weighted by Crippen LogP contribution is -2.44. The van der Waals surface area contributed by atoms with Crippen LogP contribution in [0.4, 0.5) is 18.9 Å². The summed E-state index contributed by atoms with van der Waals surface area (Å²) in [4.78, 5) is 11.7. The predicted molar refractivity (Wildman–Crippen MR) is 113 cm³/mol. The minimum absolute atomic E-state index is 0.0838. The summed E-state index contributed by atoms with van der Waals surface area (Å²) in [6.07, 6.45) is -5.04. The van der Waals surface area contributed by atoms with Crippen LogP contribution in [-0.2, 0) is 17.6 Å². The van der Waals surface area contributed by atoms with Gasteiger partial charge in [0.15, 0.2) is 5.11 Å². The van der Waals surface area contributed by atoms with E-state index in [0.717, 1.165) is 15.6 Å². The van der Waals surface area contributed by atoms with Gasteiger partial charge in [-0.25, -0.2) is 4.79 Å². The van der Waals surface area contributed by atoms with E-state index in [4.69, 9.17) is 12.2 Å². The number of rotatable bonds is 6. The van der Waals surface area contributed by atoms with E-state index in [0.29, 0.717) is 5.69 Å². The fourth-order valence-electron chi connectivity index (χ4n) is 2.87. The van der Waals surface area contributed by atoms with E-state index in [9.17, 15) is 23.1 Å². The molecule has 3 N–H and O–H groups in total. The number of hydrogen-bond acceptors (Lipinski definition) is 3. The Morgan fingerprint density at radius 1 is 1.14 bits per heavy atom. The molecule has 29 heavy (non-hydrogen) atoms. The van der Waals surface area contributed by atoms with E-state index in [1.807, 2.05) is 29.6 Å². The largest absolute Gasteiger partial charge is 0.480 e. The van der Waals surface area contributed by atoms with Gasteiger partial charge >= 0.3 is 12.1 Å². The molecule has 1 aromatic heterocycles. The predicted octanol–water partition coefficient (Wildman–Crippen LogP) is 4.99. The van der Waals surface area contributed by atoms with Crippen LogP contribution in [0.1, 0.15) is 11.1 Å². The van der Waals surface area contributed by atoms with Crippen molar-refractivity contribution in [2.75, 3.05) is 5.32 Å². The molecular formula is C20H17F3N2O2S2. The normalized spacial score (nSPS) is 12.5. The number of fused-ring (bicyclic) bond motifs is 1. The number of carboxylic acids is 1. The minimum atomic E-state index is -4.27. The molecule has 0 amide bonds. The standard InChI is InChI=1S/C20H17F3N2O2S2/c21-20(22,23)10-12-5-7-14(8-6-12)24-19(28)25-16(18(26)27)9-13-11-29-17-4-2-1-3-15(13)17/h1-8,11,16H,9-10H2,(H,26,27)(H2,24,25,28). The summed E-state index contributed by atoms with van der Waals surface area (Å²) in [6.45, 7) is 0. The second kappa shape index (κ2) is 8.79. The fourth-order valence-corrected chi connectivity index (χ4v) is 4.11. The van der Waals surface area contributed by atoms with E-state index in [1.165, 1.54) is 24.3 Å². The Morgan fingerprint density at radius 2 is 1.83 bits per heavy atom. The first kappa shape index (κ1) is 21.1. The average molecular weight is 438 g/mol. The van der Waals surface area contributed by atoms with Crippen LogP contribution in [0.15, 0.2) is 53.9 Å². The number of anilines is 1. The summed E-state index contributed by atoms with van der Waals surface area (Å²) >= 11 is 6.73. The van der Waals surface area contributed by atoms with Gasteiger partial charge in [0.05, 0.1) is 6.42 Å². The molecule has 1 unspecified atom stereocenters. The van der Waals surface area contributed by atoms with Crippen molar-refractivity contribution in [3.63, 3.8) is 0 Å². The van der Waals surface area contributed by atoms with Crippen molar-refractivity contribution in [3.05, 3.63) is 65.0 Å². The number of halogens is 3. The lowest BCUT2D eigenvalue weighted by atomic mass is 10.1. The molecule has 0 radical (unpaired) electrons. The Bertz CT molecular complexity index is 1020. The molecule has 0 bridgehead atoms. The Balaban J connectivity index is 1.63. The highest BCUT2D eigenvalue weighted by Crippen LogP contribution is 2.26. The summed E-state index contributed by atoms with van der Waals surface area (Å²) in [6, 6.07) is 12.4. The lowest BCUT2D eigenvalue weighted by molar-refractivity contribution is -0.139. The number of alkyl halides is 3. The van der Waals surface area contributed by atoms with Gasteiger partial charge in [0.1, 0.15) is 6.04 Å². The number of nitrogens with one attached hydrogen (secondary N) is 2. The van der Waals surface area contributed by atoms with Gasteiger partial charge in [-0.05, 0) is 52.3 Å². The zero-order chi connectivity index (χ0) is 21.0. The second-order valence-electron chi connectivity index (χ2n) is 6.44. The summed E-state index contributed by atoms with van der Waals surface area (Å²) in [5.41, 5.74) is 1.51. The molecule has 0 saturated carbocycles. The van der Waals surface area contributed by atoms with Crippen LogP contribution in [0.3, 0.4) is 0 Å². The van der Waals surface area contributed by atoms with Crippen LogP contribution < -0.4 is 10.6 Å². The zero-order valence-electron chi connectivity index (χ0n) is 15.0. The molecule has 152 valence electrons. The van der Waals surface area contributed by atoms with Gasteiger partial charge < -0.3 is 15.7 Å². The van der Waals surface area contributed by atoms with Crippen molar-refractivity contribution in [1.82, 2.24) is 5.32 Å². The molecule has 1 heterocycles. The Kier molecular flexibility index (Phi) is 6.39. The number of carbonyl (C=O) groups is 1. The van der Waals surface area contributed by atoms with Crippen molar-refractivity contribution in [2.24, 2.45) is 0 Å². The van der Waals surface area contributed by atoms with Crippen LogP contribution in [0.5, 0.6) is 0 Å². The molecular weight excluding hydrogens is 421 g/mol. The number of carboxylic acid groups (broad SMARTS) is 1. The van der Waals surface area contributed by atoms with Crippen molar-refractivity contribution >= 4 is 50.4 Å². The molecule has 9 heteroatoms. The van der Waals surface area contributed by atoms with Crippen LogP contribution in [0.25, 0.3) is 10.1 Å². The van der Waals surface area contributed by atoms with Crippen molar-refractivity contribution in [1.29, 1.82) is 0 Å². The van der Waals surface area contributed by atoms with Gasteiger partial charge in [0.2, 0.25) is 0 Å². The van der Waals surface area contributed by atoms with Crippen molar-refractivity contribution < 1.29 is 23.1 Å². The highest BCUT2D eigenvalue weighted by molar-refractivity contribution is 7.80. The van der Waals surface area contributed by atoms with E-state index in [2.05, 4.69) is 10.6 Å². The molecule has 0 aliphatic rings. The molecule has 0 aliphatic carbocycles. The Labute approximate surface area is 174 Å². The van der Waals surface area contributed by atoms with E-state index in [-0.39, 0.29) is 17.1 Å². The molecule has 0 spiro atoms. The maximum atomic E-state index is 12.4. The number of aliphatic carboxylic acids is 1. The fraction of sp³-hybridized carbons (Fsp3) is 0.200. The first-order valence-electron chi connectivity index (χ1n) is 8.62. The molecule has 0 aliphatic heterocycles. The van der Waals surface area contributed by atoms with Gasteiger partial charge in [-0.2, -0.15) is 13.2 Å².